The third-order valence-electron chi connectivity index (χ3n) is 6.96. The van der Waals surface area contributed by atoms with E-state index in [9.17, 15) is 18.0 Å². The van der Waals surface area contributed by atoms with Crippen LogP contribution in [0.15, 0.2) is 39.4 Å². The summed E-state index contributed by atoms with van der Waals surface area (Å²) in [5, 5.41) is 13.2. The first-order valence-electron chi connectivity index (χ1n) is 10.6. The van der Waals surface area contributed by atoms with Crippen molar-refractivity contribution in [2.45, 2.75) is 61.4 Å². The molecule has 3 aromatic rings. The van der Waals surface area contributed by atoms with Crippen molar-refractivity contribution in [1.82, 2.24) is 20.5 Å². The highest BCUT2D eigenvalue weighted by atomic mass is 79.9. The molecular formula is C22H18BrF3N4O3. The van der Waals surface area contributed by atoms with Crippen LogP contribution >= 0.6 is 15.9 Å². The van der Waals surface area contributed by atoms with Crippen LogP contribution in [0.25, 0.3) is 10.8 Å². The van der Waals surface area contributed by atoms with Gasteiger partial charge in [0.05, 0.1) is 11.5 Å². The third kappa shape index (κ3) is 3.61. The van der Waals surface area contributed by atoms with Crippen molar-refractivity contribution in [3.8, 4) is 0 Å². The van der Waals surface area contributed by atoms with Gasteiger partial charge in [0, 0.05) is 27.5 Å². The number of rotatable bonds is 5. The Morgan fingerprint density at radius 1 is 1.15 bits per heavy atom. The summed E-state index contributed by atoms with van der Waals surface area (Å²) >= 11 is 3.42. The van der Waals surface area contributed by atoms with Gasteiger partial charge in [0.1, 0.15) is 5.69 Å². The van der Waals surface area contributed by atoms with Crippen molar-refractivity contribution < 1.29 is 27.1 Å². The van der Waals surface area contributed by atoms with Crippen LogP contribution in [-0.4, -0.2) is 39.1 Å². The van der Waals surface area contributed by atoms with Gasteiger partial charge < -0.3 is 9.73 Å². The van der Waals surface area contributed by atoms with Crippen LogP contribution in [0.3, 0.4) is 0 Å². The summed E-state index contributed by atoms with van der Waals surface area (Å²) in [4.78, 5) is 17.1. The number of amides is 1. The maximum atomic E-state index is 12.8. The van der Waals surface area contributed by atoms with Gasteiger partial charge in [-0.3, -0.25) is 14.5 Å². The van der Waals surface area contributed by atoms with Crippen LogP contribution in [0.5, 0.6) is 0 Å². The smallest absolute Gasteiger partial charge is 0.424 e. The molecule has 0 unspecified atom stereocenters. The van der Waals surface area contributed by atoms with Gasteiger partial charge in [-0.2, -0.15) is 0 Å². The lowest BCUT2D eigenvalue weighted by Gasteiger charge is -2.68. The normalized spacial score (nSPS) is 30.3. The second kappa shape index (κ2) is 6.99. The van der Waals surface area contributed by atoms with Crippen molar-refractivity contribution in [3.05, 3.63) is 52.4 Å². The van der Waals surface area contributed by atoms with Crippen molar-refractivity contribution >= 4 is 32.6 Å². The summed E-state index contributed by atoms with van der Waals surface area (Å²) in [6, 6.07) is 7.57. The highest BCUT2D eigenvalue weighted by molar-refractivity contribution is 9.10. The van der Waals surface area contributed by atoms with Crippen LogP contribution < -0.4 is 5.32 Å². The number of hydrogen-bond acceptors (Lipinski definition) is 6. The second-order valence-corrected chi connectivity index (χ2v) is 10.3. The summed E-state index contributed by atoms with van der Waals surface area (Å²) in [5.41, 5.74) is -0.193. The molecule has 11 heteroatoms. The average Bonchev–Trinajstić information content (AvgIpc) is 3.13. The first kappa shape index (κ1) is 21.0. The number of ether oxygens (including phenoxy) is 1. The quantitative estimate of drug-likeness (QED) is 0.519. The van der Waals surface area contributed by atoms with Crippen LogP contribution in [0.1, 0.15) is 60.3 Å². The number of carbonyl (C=O) groups excluding carboxylic acids is 1. The summed E-state index contributed by atoms with van der Waals surface area (Å²) in [5.74, 6) is 0.439. The van der Waals surface area contributed by atoms with E-state index in [1.54, 1.807) is 12.3 Å². The average molecular weight is 523 g/mol. The van der Waals surface area contributed by atoms with Crippen LogP contribution in [-0.2, 0) is 10.2 Å². The van der Waals surface area contributed by atoms with Gasteiger partial charge in [0.15, 0.2) is 0 Å². The molecule has 4 aliphatic carbocycles. The Kier molecular flexibility index (Phi) is 4.45. The molecule has 2 heterocycles. The zero-order valence-electron chi connectivity index (χ0n) is 17.2. The lowest BCUT2D eigenvalue weighted by molar-refractivity contribution is -0.352. The van der Waals surface area contributed by atoms with Crippen LogP contribution in [0, 0.1) is 0 Å². The van der Waals surface area contributed by atoms with Gasteiger partial charge in [-0.15, -0.1) is 23.4 Å². The van der Waals surface area contributed by atoms with E-state index in [0.717, 1.165) is 15.2 Å². The molecule has 4 saturated carbocycles. The molecule has 1 aromatic carbocycles. The van der Waals surface area contributed by atoms with Crippen molar-refractivity contribution in [1.29, 1.82) is 0 Å². The predicted octanol–water partition coefficient (Wildman–Crippen LogP) is 4.77. The van der Waals surface area contributed by atoms with E-state index in [0.29, 0.717) is 36.7 Å². The number of benzene rings is 1. The molecule has 0 radical (unpaired) electrons. The molecule has 0 spiro atoms. The first-order chi connectivity index (χ1) is 15.6. The van der Waals surface area contributed by atoms with Crippen molar-refractivity contribution in [3.63, 3.8) is 0 Å². The fourth-order valence-corrected chi connectivity index (χ4v) is 5.73. The Balaban J connectivity index is 1.06. The van der Waals surface area contributed by atoms with E-state index in [2.05, 4.69) is 41.2 Å². The molecule has 0 saturated heterocycles. The molecule has 0 atom stereocenters. The van der Waals surface area contributed by atoms with E-state index in [4.69, 9.17) is 4.42 Å². The molecule has 2 aromatic heterocycles. The number of nitrogens with zero attached hydrogens (tertiary/aromatic N) is 3. The van der Waals surface area contributed by atoms with E-state index in [1.165, 1.54) is 0 Å². The second-order valence-electron chi connectivity index (χ2n) is 9.41. The van der Waals surface area contributed by atoms with Crippen LogP contribution in [0.4, 0.5) is 13.2 Å². The number of fused-ring (bicyclic) bond motifs is 1. The minimum absolute atomic E-state index is 0.209. The molecule has 172 valence electrons. The SMILES string of the molecule is O=C(NC12CC(c3nnc([C@H]4C[C@@H](OC(F)(F)F)C4)o3)(C1)C2)c1cc2ccc(Br)cc2cn1. The molecule has 7 nitrogen and oxygen atoms in total. The van der Waals surface area contributed by atoms with Gasteiger partial charge >= 0.3 is 6.36 Å². The molecular weight excluding hydrogens is 505 g/mol. The molecule has 1 amide bonds. The largest absolute Gasteiger partial charge is 0.522 e. The van der Waals surface area contributed by atoms with Gasteiger partial charge in [0.25, 0.3) is 5.91 Å². The van der Waals surface area contributed by atoms with Crippen molar-refractivity contribution in [2.75, 3.05) is 0 Å². The predicted molar refractivity (Wildman–Crippen MR) is 112 cm³/mol. The molecule has 1 N–H and O–H groups in total. The summed E-state index contributed by atoms with van der Waals surface area (Å²) in [7, 11) is 0. The summed E-state index contributed by atoms with van der Waals surface area (Å²) < 4.78 is 47.6. The molecule has 0 aliphatic heterocycles. The van der Waals surface area contributed by atoms with E-state index in [1.807, 2.05) is 18.2 Å². The molecule has 7 rings (SSSR count). The van der Waals surface area contributed by atoms with Gasteiger partial charge in [-0.05, 0) is 55.7 Å². The standard InChI is InChI=1S/C22H18BrF3N4O3/c23-14-2-1-11-6-16(27-7-13(11)3-14)17(31)28-21-8-20(9-21,10-21)19-30-29-18(32-19)12-4-15(5-12)33-22(24,25)26/h1-3,6-7,12,15H,4-5,8-10H2,(H,28,31)/t12-,15+,20?,21?. The van der Waals surface area contributed by atoms with Gasteiger partial charge in [-0.25, -0.2) is 0 Å². The Morgan fingerprint density at radius 3 is 2.64 bits per heavy atom. The number of aromatic nitrogens is 3. The number of halogens is 4. The van der Waals surface area contributed by atoms with E-state index >= 15 is 0 Å². The maximum Gasteiger partial charge on any atom is 0.522 e. The van der Waals surface area contributed by atoms with Gasteiger partial charge in [0.2, 0.25) is 11.8 Å². The molecule has 33 heavy (non-hydrogen) atoms. The number of pyridine rings is 1. The highest BCUT2D eigenvalue weighted by Crippen LogP contribution is 2.67. The lowest BCUT2D eigenvalue weighted by atomic mass is 9.39. The zero-order chi connectivity index (χ0) is 23.0. The maximum absolute atomic E-state index is 12.8. The Bertz CT molecular complexity index is 1250. The third-order valence-corrected chi connectivity index (χ3v) is 7.46. The van der Waals surface area contributed by atoms with E-state index < -0.39 is 12.5 Å². The fourth-order valence-electron chi connectivity index (χ4n) is 5.36. The zero-order valence-corrected chi connectivity index (χ0v) is 18.7. The monoisotopic (exact) mass is 522 g/mol. The summed E-state index contributed by atoms with van der Waals surface area (Å²) in [6.07, 6.45) is -1.30. The Labute approximate surface area is 194 Å². The minimum atomic E-state index is -4.63. The minimum Gasteiger partial charge on any atom is -0.424 e. The van der Waals surface area contributed by atoms with Crippen molar-refractivity contribution in [2.24, 2.45) is 0 Å². The Morgan fingerprint density at radius 2 is 1.91 bits per heavy atom. The number of alkyl halides is 3. The first-order valence-corrected chi connectivity index (χ1v) is 11.4. The fraction of sp³-hybridized carbons (Fsp3) is 0.455. The topological polar surface area (TPSA) is 90.1 Å². The molecule has 4 aliphatic rings. The molecule has 2 bridgehead atoms. The van der Waals surface area contributed by atoms with Crippen LogP contribution in [0.2, 0.25) is 0 Å². The summed E-state index contributed by atoms with van der Waals surface area (Å²) in [6.45, 7) is 0. The lowest BCUT2D eigenvalue weighted by Crippen LogP contribution is -2.76. The number of nitrogens with one attached hydrogen (secondary N) is 1. The highest BCUT2D eigenvalue weighted by Gasteiger charge is 2.72. The van der Waals surface area contributed by atoms with Gasteiger partial charge in [-0.1, -0.05) is 22.0 Å². The number of carbonyl (C=O) groups is 1. The molecule has 4 fully saturated rings. The Hall–Kier alpha value is -2.53. The number of hydrogen-bond donors (Lipinski definition) is 1. The van der Waals surface area contributed by atoms with E-state index in [-0.39, 0.29) is 35.6 Å².